The smallest absolute Gasteiger partial charge is 0.143 e. The number of anilines is 2. The van der Waals surface area contributed by atoms with E-state index in [9.17, 15) is 4.39 Å². The largest absolute Gasteiger partial charge is 0.397 e. The highest BCUT2D eigenvalue weighted by Crippen LogP contribution is 2.34. The number of nitrogen functional groups attached to an aromatic ring is 1. The lowest BCUT2D eigenvalue weighted by molar-refractivity contribution is 0.628. The van der Waals surface area contributed by atoms with Crippen LogP contribution in [0.25, 0.3) is 0 Å². The van der Waals surface area contributed by atoms with Crippen LogP contribution in [0.4, 0.5) is 15.8 Å². The molecule has 0 amide bonds. The third kappa shape index (κ3) is 2.80. The van der Waals surface area contributed by atoms with E-state index in [0.717, 1.165) is 18.8 Å². The number of halogens is 2. The number of rotatable bonds is 1. The minimum absolute atomic E-state index is 0.132. The summed E-state index contributed by atoms with van der Waals surface area (Å²) in [5.41, 5.74) is 7.16. The molecule has 0 radical (unpaired) electrons. The summed E-state index contributed by atoms with van der Waals surface area (Å²) in [4.78, 5) is 2.19. The van der Waals surface area contributed by atoms with Crippen molar-refractivity contribution in [1.29, 1.82) is 0 Å². The van der Waals surface area contributed by atoms with Gasteiger partial charge in [-0.2, -0.15) is 11.8 Å². The first kappa shape index (κ1) is 12.8. The SMILES string of the molecule is CC1CN(c2cc(Cl)c(F)cc2N)CC(C)S1. The number of nitrogens with two attached hydrogens (primary N) is 1. The minimum atomic E-state index is -0.458. The van der Waals surface area contributed by atoms with E-state index in [1.165, 1.54) is 6.07 Å². The van der Waals surface area contributed by atoms with E-state index in [1.54, 1.807) is 6.07 Å². The Morgan fingerprint density at radius 2 is 1.94 bits per heavy atom. The monoisotopic (exact) mass is 274 g/mol. The Labute approximate surface area is 110 Å². The predicted octanol–water partition coefficient (Wildman–Crippen LogP) is 3.39. The fraction of sp³-hybridized carbons (Fsp3) is 0.500. The van der Waals surface area contributed by atoms with Gasteiger partial charge in [-0.15, -0.1) is 0 Å². The topological polar surface area (TPSA) is 29.3 Å². The number of hydrogen-bond donors (Lipinski definition) is 1. The number of nitrogens with zero attached hydrogens (tertiary/aromatic N) is 1. The highest BCUT2D eigenvalue weighted by atomic mass is 35.5. The third-order valence-electron chi connectivity index (χ3n) is 2.83. The molecule has 0 spiro atoms. The molecule has 2 unspecified atom stereocenters. The van der Waals surface area contributed by atoms with Gasteiger partial charge >= 0.3 is 0 Å². The molecule has 0 aromatic heterocycles. The van der Waals surface area contributed by atoms with Crippen LogP contribution in [-0.2, 0) is 0 Å². The first-order valence-electron chi connectivity index (χ1n) is 5.62. The number of benzene rings is 1. The maximum absolute atomic E-state index is 13.2. The minimum Gasteiger partial charge on any atom is -0.397 e. The van der Waals surface area contributed by atoms with Crippen LogP contribution < -0.4 is 10.6 Å². The average Bonchev–Trinajstić information content (AvgIpc) is 2.22. The van der Waals surface area contributed by atoms with Gasteiger partial charge < -0.3 is 10.6 Å². The molecular weight excluding hydrogens is 259 g/mol. The van der Waals surface area contributed by atoms with E-state index in [-0.39, 0.29) is 5.02 Å². The maximum atomic E-state index is 13.2. The van der Waals surface area contributed by atoms with Crippen LogP contribution in [-0.4, -0.2) is 23.6 Å². The zero-order valence-electron chi connectivity index (χ0n) is 9.91. The Kier molecular flexibility index (Phi) is 3.73. The molecule has 0 saturated carbocycles. The maximum Gasteiger partial charge on any atom is 0.143 e. The van der Waals surface area contributed by atoms with Crippen molar-refractivity contribution in [2.75, 3.05) is 23.7 Å². The summed E-state index contributed by atoms with van der Waals surface area (Å²) in [6, 6.07) is 2.93. The zero-order valence-corrected chi connectivity index (χ0v) is 11.5. The van der Waals surface area contributed by atoms with Crippen molar-refractivity contribution in [3.8, 4) is 0 Å². The van der Waals surface area contributed by atoms with Crippen molar-refractivity contribution in [2.24, 2.45) is 0 Å². The second kappa shape index (κ2) is 4.94. The normalized spacial score (nSPS) is 25.1. The van der Waals surface area contributed by atoms with Crippen LogP contribution >= 0.6 is 23.4 Å². The molecule has 0 aliphatic carbocycles. The molecule has 2 atom stereocenters. The van der Waals surface area contributed by atoms with E-state index in [2.05, 4.69) is 18.7 Å². The van der Waals surface area contributed by atoms with Gasteiger partial charge in [0.15, 0.2) is 0 Å². The lowest BCUT2D eigenvalue weighted by Crippen LogP contribution is -2.40. The second-order valence-electron chi connectivity index (χ2n) is 4.49. The van der Waals surface area contributed by atoms with Crippen LogP contribution in [0, 0.1) is 5.82 Å². The molecule has 1 aliphatic heterocycles. The van der Waals surface area contributed by atoms with Gasteiger partial charge in [0.1, 0.15) is 5.82 Å². The molecule has 1 fully saturated rings. The molecule has 2 nitrogen and oxygen atoms in total. The summed E-state index contributed by atoms with van der Waals surface area (Å²) in [5, 5.41) is 1.22. The summed E-state index contributed by atoms with van der Waals surface area (Å²) in [7, 11) is 0. The molecule has 94 valence electrons. The van der Waals surface area contributed by atoms with Gasteiger partial charge in [-0.3, -0.25) is 0 Å². The lowest BCUT2D eigenvalue weighted by Gasteiger charge is -2.36. The standard InChI is InChI=1S/C12H16ClFN2S/c1-7-5-16(6-8(2)17-7)12-3-9(13)10(14)4-11(12)15/h3-4,7-8H,5-6,15H2,1-2H3. The van der Waals surface area contributed by atoms with E-state index >= 15 is 0 Å². The Hall–Kier alpha value is -0.610. The molecule has 1 saturated heterocycles. The molecule has 1 aromatic carbocycles. The van der Waals surface area contributed by atoms with Crippen LogP contribution in [0.5, 0.6) is 0 Å². The quantitative estimate of drug-likeness (QED) is 0.796. The van der Waals surface area contributed by atoms with Crippen LogP contribution in [0.15, 0.2) is 12.1 Å². The fourth-order valence-electron chi connectivity index (χ4n) is 2.20. The Morgan fingerprint density at radius 1 is 1.35 bits per heavy atom. The Bertz CT molecular complexity index is 417. The van der Waals surface area contributed by atoms with Gasteiger partial charge in [-0.05, 0) is 6.07 Å². The van der Waals surface area contributed by atoms with Gasteiger partial charge in [0.05, 0.1) is 16.4 Å². The number of thioether (sulfide) groups is 1. The van der Waals surface area contributed by atoms with Gasteiger partial charge in [-0.1, -0.05) is 25.4 Å². The first-order chi connectivity index (χ1) is 7.97. The van der Waals surface area contributed by atoms with Crippen LogP contribution in [0.2, 0.25) is 5.02 Å². The highest BCUT2D eigenvalue weighted by Gasteiger charge is 2.24. The van der Waals surface area contributed by atoms with Crippen LogP contribution in [0.1, 0.15) is 13.8 Å². The Morgan fingerprint density at radius 3 is 2.53 bits per heavy atom. The van der Waals surface area contributed by atoms with E-state index in [1.807, 2.05) is 11.8 Å². The molecule has 0 bridgehead atoms. The second-order valence-corrected chi connectivity index (χ2v) is 6.78. The predicted molar refractivity (Wildman–Crippen MR) is 74.6 cm³/mol. The fourth-order valence-corrected chi connectivity index (χ4v) is 3.68. The summed E-state index contributed by atoms with van der Waals surface area (Å²) < 4.78 is 13.2. The highest BCUT2D eigenvalue weighted by molar-refractivity contribution is 8.00. The van der Waals surface area contributed by atoms with E-state index in [4.69, 9.17) is 17.3 Å². The molecule has 17 heavy (non-hydrogen) atoms. The summed E-state index contributed by atoms with van der Waals surface area (Å²) in [6.07, 6.45) is 0. The summed E-state index contributed by atoms with van der Waals surface area (Å²) in [6.45, 7) is 6.21. The van der Waals surface area contributed by atoms with Crippen LogP contribution in [0.3, 0.4) is 0 Å². The van der Waals surface area contributed by atoms with Crippen molar-refractivity contribution in [1.82, 2.24) is 0 Å². The molecule has 2 N–H and O–H groups in total. The van der Waals surface area contributed by atoms with Crippen molar-refractivity contribution in [2.45, 2.75) is 24.3 Å². The third-order valence-corrected chi connectivity index (χ3v) is 4.35. The molecule has 1 heterocycles. The van der Waals surface area contributed by atoms with E-state index in [0.29, 0.717) is 16.2 Å². The molecular formula is C12H16ClFN2S. The van der Waals surface area contributed by atoms with Gasteiger partial charge in [-0.25, -0.2) is 4.39 Å². The zero-order chi connectivity index (χ0) is 12.6. The lowest BCUT2D eigenvalue weighted by atomic mass is 10.2. The molecule has 1 aromatic rings. The van der Waals surface area contributed by atoms with Crippen molar-refractivity contribution >= 4 is 34.7 Å². The average molecular weight is 275 g/mol. The summed E-state index contributed by atoms with van der Waals surface area (Å²) >= 11 is 7.78. The molecule has 1 aliphatic rings. The number of hydrogen-bond acceptors (Lipinski definition) is 3. The van der Waals surface area contributed by atoms with Crippen molar-refractivity contribution in [3.05, 3.63) is 23.0 Å². The molecule has 5 heteroatoms. The van der Waals surface area contributed by atoms with Crippen molar-refractivity contribution < 1.29 is 4.39 Å². The van der Waals surface area contributed by atoms with E-state index < -0.39 is 5.82 Å². The van der Waals surface area contributed by atoms with Gasteiger partial charge in [0, 0.05) is 29.7 Å². The molecule has 2 rings (SSSR count). The van der Waals surface area contributed by atoms with Crippen molar-refractivity contribution in [3.63, 3.8) is 0 Å². The Balaban J connectivity index is 2.30. The summed E-state index contributed by atoms with van der Waals surface area (Å²) in [5.74, 6) is -0.458. The first-order valence-corrected chi connectivity index (χ1v) is 6.94. The van der Waals surface area contributed by atoms with Gasteiger partial charge in [0.2, 0.25) is 0 Å². The van der Waals surface area contributed by atoms with Gasteiger partial charge in [0.25, 0.3) is 0 Å².